The second-order valence-electron chi connectivity index (χ2n) is 4.58. The van der Waals surface area contributed by atoms with E-state index in [0.29, 0.717) is 13.1 Å². The first kappa shape index (κ1) is 15.0. The number of ether oxygens (including phenoxy) is 1. The van der Waals surface area contributed by atoms with E-state index in [4.69, 9.17) is 0 Å². The number of carbonyl (C=O) groups is 1. The van der Waals surface area contributed by atoms with Crippen molar-refractivity contribution in [2.24, 2.45) is 0 Å². The Kier molecular flexibility index (Phi) is 4.90. The number of carbonyl (C=O) groups excluding carboxylic acids is 1. The maximum absolute atomic E-state index is 13.7. The van der Waals surface area contributed by atoms with Gasteiger partial charge < -0.3 is 15.2 Å². The number of hydrogen-bond acceptors (Lipinski definition) is 4. The summed E-state index contributed by atoms with van der Waals surface area (Å²) in [4.78, 5) is 11.3. The number of phenolic OH excluding ortho intramolecular Hbond substituents is 1. The van der Waals surface area contributed by atoms with E-state index >= 15 is 0 Å². The van der Waals surface area contributed by atoms with Crippen molar-refractivity contribution in [3.05, 3.63) is 65.0 Å². The van der Waals surface area contributed by atoms with Crippen LogP contribution in [0.4, 0.5) is 4.39 Å². The van der Waals surface area contributed by atoms with Crippen molar-refractivity contribution >= 4 is 5.97 Å². The summed E-state index contributed by atoms with van der Waals surface area (Å²) >= 11 is 0. The number of phenols is 1. The highest BCUT2D eigenvalue weighted by atomic mass is 19.1. The van der Waals surface area contributed by atoms with E-state index in [1.165, 1.54) is 19.2 Å². The zero-order valence-corrected chi connectivity index (χ0v) is 11.6. The molecule has 0 bridgehead atoms. The summed E-state index contributed by atoms with van der Waals surface area (Å²) in [5, 5.41) is 12.3. The van der Waals surface area contributed by atoms with Gasteiger partial charge in [0.2, 0.25) is 0 Å². The second kappa shape index (κ2) is 6.85. The maximum Gasteiger partial charge on any atom is 0.340 e. The standard InChI is InChI=1S/C16H16FNO3/c1-21-16(20)14-7-4-12(8-15(14)17)10-18-9-11-2-5-13(19)6-3-11/h2-8,18-19H,9-10H2,1H3. The summed E-state index contributed by atoms with van der Waals surface area (Å²) in [6.07, 6.45) is 0. The Balaban J connectivity index is 1.93. The average molecular weight is 289 g/mol. The molecule has 2 rings (SSSR count). The summed E-state index contributed by atoms with van der Waals surface area (Å²) in [7, 11) is 1.22. The summed E-state index contributed by atoms with van der Waals surface area (Å²) in [6, 6.07) is 11.3. The van der Waals surface area contributed by atoms with Crippen LogP contribution < -0.4 is 5.32 Å². The van der Waals surface area contributed by atoms with Crippen LogP contribution in [0.5, 0.6) is 5.75 Å². The normalized spacial score (nSPS) is 10.4. The largest absolute Gasteiger partial charge is 0.508 e. The average Bonchev–Trinajstić information content (AvgIpc) is 2.49. The molecule has 0 spiro atoms. The van der Waals surface area contributed by atoms with Crippen molar-refractivity contribution in [1.29, 1.82) is 0 Å². The Labute approximate surface area is 122 Å². The number of aromatic hydroxyl groups is 1. The van der Waals surface area contributed by atoms with Gasteiger partial charge in [-0.2, -0.15) is 0 Å². The molecule has 5 heteroatoms. The van der Waals surface area contributed by atoms with Crippen molar-refractivity contribution in [3.8, 4) is 5.75 Å². The molecule has 2 aromatic carbocycles. The lowest BCUT2D eigenvalue weighted by Crippen LogP contribution is -2.13. The molecule has 0 aliphatic carbocycles. The van der Waals surface area contributed by atoms with Gasteiger partial charge in [-0.25, -0.2) is 9.18 Å². The Morgan fingerprint density at radius 3 is 2.38 bits per heavy atom. The second-order valence-corrected chi connectivity index (χ2v) is 4.58. The number of methoxy groups -OCH3 is 1. The van der Waals surface area contributed by atoms with Crippen LogP contribution in [-0.4, -0.2) is 18.2 Å². The van der Waals surface area contributed by atoms with Gasteiger partial charge in [-0.15, -0.1) is 0 Å². The lowest BCUT2D eigenvalue weighted by molar-refractivity contribution is 0.0595. The molecule has 0 atom stereocenters. The number of halogens is 1. The van der Waals surface area contributed by atoms with E-state index in [9.17, 15) is 14.3 Å². The molecule has 4 nitrogen and oxygen atoms in total. The predicted octanol–water partition coefficient (Wildman–Crippen LogP) is 2.61. The van der Waals surface area contributed by atoms with Crippen molar-refractivity contribution in [2.75, 3.05) is 7.11 Å². The minimum absolute atomic E-state index is 0.0696. The van der Waals surface area contributed by atoms with Gasteiger partial charge in [-0.05, 0) is 35.4 Å². The first-order valence-corrected chi connectivity index (χ1v) is 6.45. The highest BCUT2D eigenvalue weighted by Crippen LogP contribution is 2.12. The Morgan fingerprint density at radius 2 is 1.76 bits per heavy atom. The maximum atomic E-state index is 13.7. The van der Waals surface area contributed by atoms with Crippen molar-refractivity contribution in [1.82, 2.24) is 5.32 Å². The van der Waals surface area contributed by atoms with E-state index in [1.807, 2.05) is 12.1 Å². The highest BCUT2D eigenvalue weighted by molar-refractivity contribution is 5.89. The van der Waals surface area contributed by atoms with Gasteiger partial charge in [-0.3, -0.25) is 0 Å². The SMILES string of the molecule is COC(=O)c1ccc(CNCc2ccc(O)cc2)cc1F. The quantitative estimate of drug-likeness (QED) is 0.831. The number of nitrogens with one attached hydrogen (secondary N) is 1. The van der Waals surface area contributed by atoms with Gasteiger partial charge in [0.15, 0.2) is 0 Å². The molecule has 2 aromatic rings. The van der Waals surface area contributed by atoms with Crippen molar-refractivity contribution in [2.45, 2.75) is 13.1 Å². The van der Waals surface area contributed by atoms with E-state index in [1.54, 1.807) is 18.2 Å². The molecule has 0 amide bonds. The molecule has 0 saturated heterocycles. The molecule has 0 saturated carbocycles. The van der Waals surface area contributed by atoms with Crippen LogP contribution in [0.15, 0.2) is 42.5 Å². The molecule has 0 aromatic heterocycles. The van der Waals surface area contributed by atoms with Crippen LogP contribution >= 0.6 is 0 Å². The van der Waals surface area contributed by atoms with Gasteiger partial charge in [0, 0.05) is 13.1 Å². The fraction of sp³-hybridized carbons (Fsp3) is 0.188. The zero-order chi connectivity index (χ0) is 15.2. The van der Waals surface area contributed by atoms with Crippen molar-refractivity contribution < 1.29 is 19.0 Å². The molecule has 110 valence electrons. The molecule has 0 fully saturated rings. The number of rotatable bonds is 5. The molecule has 0 aliphatic heterocycles. The van der Waals surface area contributed by atoms with Crippen LogP contribution in [0, 0.1) is 5.82 Å². The number of benzene rings is 2. The Morgan fingerprint density at radius 1 is 1.14 bits per heavy atom. The van der Waals surface area contributed by atoms with Gasteiger partial charge >= 0.3 is 5.97 Å². The summed E-state index contributed by atoms with van der Waals surface area (Å²) in [6.45, 7) is 1.07. The lowest BCUT2D eigenvalue weighted by atomic mass is 10.1. The topological polar surface area (TPSA) is 58.6 Å². The first-order chi connectivity index (χ1) is 10.1. The fourth-order valence-electron chi connectivity index (χ4n) is 1.91. The molecule has 0 radical (unpaired) electrons. The summed E-state index contributed by atoms with van der Waals surface area (Å²) < 4.78 is 18.2. The van der Waals surface area contributed by atoms with Crippen molar-refractivity contribution in [3.63, 3.8) is 0 Å². The van der Waals surface area contributed by atoms with Gasteiger partial charge in [0.05, 0.1) is 12.7 Å². The molecule has 21 heavy (non-hydrogen) atoms. The van der Waals surface area contributed by atoms with Gasteiger partial charge in [0.25, 0.3) is 0 Å². The van der Waals surface area contributed by atoms with E-state index in [0.717, 1.165) is 11.1 Å². The van der Waals surface area contributed by atoms with Crippen LogP contribution in [0.3, 0.4) is 0 Å². The van der Waals surface area contributed by atoms with E-state index in [-0.39, 0.29) is 11.3 Å². The smallest absolute Gasteiger partial charge is 0.340 e. The third-order valence-corrected chi connectivity index (χ3v) is 3.03. The first-order valence-electron chi connectivity index (χ1n) is 6.45. The van der Waals surface area contributed by atoms with E-state index < -0.39 is 11.8 Å². The molecular weight excluding hydrogens is 273 g/mol. The van der Waals surface area contributed by atoms with Gasteiger partial charge in [-0.1, -0.05) is 18.2 Å². The molecule has 0 aliphatic rings. The lowest BCUT2D eigenvalue weighted by Gasteiger charge is -2.07. The predicted molar refractivity (Wildman–Crippen MR) is 76.4 cm³/mol. The van der Waals surface area contributed by atoms with E-state index in [2.05, 4.69) is 10.1 Å². The third kappa shape index (κ3) is 4.03. The number of esters is 1. The molecule has 0 heterocycles. The van der Waals surface area contributed by atoms with Gasteiger partial charge in [0.1, 0.15) is 11.6 Å². The van der Waals surface area contributed by atoms with Crippen LogP contribution in [0.25, 0.3) is 0 Å². The van der Waals surface area contributed by atoms with Crippen LogP contribution in [0.2, 0.25) is 0 Å². The third-order valence-electron chi connectivity index (χ3n) is 3.03. The Hall–Kier alpha value is -2.40. The molecule has 0 unspecified atom stereocenters. The monoisotopic (exact) mass is 289 g/mol. The van der Waals surface area contributed by atoms with Crippen LogP contribution in [0.1, 0.15) is 21.5 Å². The zero-order valence-electron chi connectivity index (χ0n) is 11.6. The van der Waals surface area contributed by atoms with Crippen LogP contribution in [-0.2, 0) is 17.8 Å². The minimum atomic E-state index is -0.684. The minimum Gasteiger partial charge on any atom is -0.508 e. The number of hydrogen-bond donors (Lipinski definition) is 2. The Bertz CT molecular complexity index is 626. The fourth-order valence-corrected chi connectivity index (χ4v) is 1.91. The highest BCUT2D eigenvalue weighted by Gasteiger charge is 2.11. The summed E-state index contributed by atoms with van der Waals surface area (Å²) in [5.41, 5.74) is 1.68. The summed E-state index contributed by atoms with van der Waals surface area (Å²) in [5.74, 6) is -1.05. The molecule has 2 N–H and O–H groups in total. The molecular formula is C16H16FNO3.